The quantitative estimate of drug-likeness (QED) is 0.893. The monoisotopic (exact) mass is 249 g/mol. The Hall–Kier alpha value is -1.06. The molecule has 0 aromatic heterocycles. The molecule has 0 spiro atoms. The third-order valence-electron chi connectivity index (χ3n) is 3.83. The Bertz CT molecular complexity index is 409. The van der Waals surface area contributed by atoms with E-state index in [1.54, 1.807) is 7.11 Å². The van der Waals surface area contributed by atoms with E-state index in [1.165, 1.54) is 5.56 Å². The minimum absolute atomic E-state index is 0.0828. The van der Waals surface area contributed by atoms with Gasteiger partial charge in [-0.2, -0.15) is 0 Å². The molecule has 0 saturated carbocycles. The van der Waals surface area contributed by atoms with Crippen LogP contribution in [-0.2, 0) is 4.74 Å². The molecule has 1 N–H and O–H groups in total. The van der Waals surface area contributed by atoms with Crippen molar-refractivity contribution in [2.75, 3.05) is 20.3 Å². The molecule has 0 amide bonds. The van der Waals surface area contributed by atoms with Crippen molar-refractivity contribution in [2.45, 2.75) is 38.8 Å². The van der Waals surface area contributed by atoms with Gasteiger partial charge in [-0.15, -0.1) is 0 Å². The number of nitrogens with one attached hydrogen (secondary N) is 1. The van der Waals surface area contributed by atoms with Gasteiger partial charge in [-0.25, -0.2) is 0 Å². The number of benzene rings is 1. The first-order valence-electron chi connectivity index (χ1n) is 6.59. The number of rotatable bonds is 3. The van der Waals surface area contributed by atoms with Gasteiger partial charge in [-0.05, 0) is 32.4 Å². The van der Waals surface area contributed by atoms with Gasteiger partial charge in [-0.1, -0.05) is 18.6 Å². The Morgan fingerprint density at radius 2 is 2.28 bits per heavy atom. The molecular formula is C15H23NO2. The number of methoxy groups -OCH3 is 1. The second kappa shape index (κ2) is 5.29. The number of ether oxygens (including phenoxy) is 2. The number of hydrogen-bond donors (Lipinski definition) is 1. The van der Waals surface area contributed by atoms with Crippen molar-refractivity contribution >= 4 is 0 Å². The van der Waals surface area contributed by atoms with Crippen molar-refractivity contribution in [3.8, 4) is 5.75 Å². The van der Waals surface area contributed by atoms with Crippen LogP contribution in [0.15, 0.2) is 18.2 Å². The fourth-order valence-electron chi connectivity index (χ4n) is 2.27. The van der Waals surface area contributed by atoms with Crippen LogP contribution in [0.2, 0.25) is 0 Å². The van der Waals surface area contributed by atoms with E-state index in [0.717, 1.165) is 30.9 Å². The smallest absolute Gasteiger partial charge is 0.124 e. The molecule has 3 heteroatoms. The molecule has 0 aliphatic carbocycles. The van der Waals surface area contributed by atoms with Gasteiger partial charge in [-0.3, -0.25) is 0 Å². The predicted octanol–water partition coefficient (Wildman–Crippen LogP) is 2.83. The van der Waals surface area contributed by atoms with E-state index >= 15 is 0 Å². The Morgan fingerprint density at radius 3 is 2.83 bits per heavy atom. The molecule has 3 nitrogen and oxygen atoms in total. The molecule has 2 unspecified atom stereocenters. The first-order valence-corrected chi connectivity index (χ1v) is 6.59. The van der Waals surface area contributed by atoms with Crippen LogP contribution in [0.25, 0.3) is 0 Å². The van der Waals surface area contributed by atoms with Crippen LogP contribution in [0.1, 0.15) is 37.5 Å². The van der Waals surface area contributed by atoms with Crippen molar-refractivity contribution < 1.29 is 9.47 Å². The zero-order chi connectivity index (χ0) is 13.2. The summed E-state index contributed by atoms with van der Waals surface area (Å²) in [4.78, 5) is 0. The average molecular weight is 249 g/mol. The van der Waals surface area contributed by atoms with Crippen LogP contribution < -0.4 is 10.1 Å². The maximum absolute atomic E-state index is 6.03. The van der Waals surface area contributed by atoms with E-state index in [2.05, 4.69) is 38.2 Å². The van der Waals surface area contributed by atoms with Gasteiger partial charge in [0.2, 0.25) is 0 Å². The summed E-state index contributed by atoms with van der Waals surface area (Å²) in [6.45, 7) is 8.06. The lowest BCUT2D eigenvalue weighted by Crippen LogP contribution is -2.52. The van der Waals surface area contributed by atoms with Crippen LogP contribution >= 0.6 is 0 Å². The maximum atomic E-state index is 6.03. The topological polar surface area (TPSA) is 30.5 Å². The lowest BCUT2D eigenvalue weighted by Gasteiger charge is -2.38. The molecule has 1 saturated heterocycles. The molecule has 1 aromatic rings. The molecule has 18 heavy (non-hydrogen) atoms. The van der Waals surface area contributed by atoms with Crippen LogP contribution in [0, 0.1) is 6.92 Å². The molecule has 1 aromatic carbocycles. The summed E-state index contributed by atoms with van der Waals surface area (Å²) in [6, 6.07) is 6.23. The molecule has 1 fully saturated rings. The van der Waals surface area contributed by atoms with Gasteiger partial charge in [0.05, 0.1) is 19.8 Å². The molecule has 0 radical (unpaired) electrons. The van der Waals surface area contributed by atoms with Crippen LogP contribution in [0.3, 0.4) is 0 Å². The Morgan fingerprint density at radius 1 is 1.50 bits per heavy atom. The van der Waals surface area contributed by atoms with Crippen molar-refractivity contribution in [1.82, 2.24) is 5.32 Å². The third-order valence-corrected chi connectivity index (χ3v) is 3.83. The summed E-state index contributed by atoms with van der Waals surface area (Å²) in [5.74, 6) is 0.910. The molecule has 100 valence electrons. The standard InChI is InChI=1S/C15H23NO2/c1-5-15(3)10-18-14(9-16-15)12-8-11(2)6-7-13(12)17-4/h6-8,14,16H,5,9-10H2,1-4H3. The molecule has 1 aliphatic rings. The minimum atomic E-state index is 0.0828. The van der Waals surface area contributed by atoms with E-state index < -0.39 is 0 Å². The normalized spacial score (nSPS) is 28.1. The van der Waals surface area contributed by atoms with E-state index in [1.807, 2.05) is 6.07 Å². The molecule has 1 heterocycles. The zero-order valence-corrected chi connectivity index (χ0v) is 11.7. The highest BCUT2D eigenvalue weighted by Crippen LogP contribution is 2.32. The van der Waals surface area contributed by atoms with Gasteiger partial charge >= 0.3 is 0 Å². The Balaban J connectivity index is 2.16. The van der Waals surface area contributed by atoms with Crippen molar-refractivity contribution in [3.05, 3.63) is 29.3 Å². The zero-order valence-electron chi connectivity index (χ0n) is 11.7. The number of morpholine rings is 1. The third kappa shape index (κ3) is 2.68. The summed E-state index contributed by atoms with van der Waals surface area (Å²) in [6.07, 6.45) is 1.16. The number of hydrogen-bond acceptors (Lipinski definition) is 3. The van der Waals surface area contributed by atoms with E-state index in [-0.39, 0.29) is 11.6 Å². The first kappa shape index (κ1) is 13.4. The fourth-order valence-corrected chi connectivity index (χ4v) is 2.27. The summed E-state index contributed by atoms with van der Waals surface area (Å²) in [5, 5.41) is 3.58. The van der Waals surface area contributed by atoms with Crippen molar-refractivity contribution in [1.29, 1.82) is 0 Å². The number of aryl methyl sites for hydroxylation is 1. The molecule has 2 rings (SSSR count). The van der Waals surface area contributed by atoms with Crippen molar-refractivity contribution in [2.24, 2.45) is 0 Å². The summed E-state index contributed by atoms with van der Waals surface area (Å²) >= 11 is 0. The van der Waals surface area contributed by atoms with Crippen molar-refractivity contribution in [3.63, 3.8) is 0 Å². The van der Waals surface area contributed by atoms with Gasteiger partial charge in [0.25, 0.3) is 0 Å². The fraction of sp³-hybridized carbons (Fsp3) is 0.600. The molecule has 0 bridgehead atoms. The predicted molar refractivity (Wildman–Crippen MR) is 73.1 cm³/mol. The van der Waals surface area contributed by atoms with Crippen LogP contribution in [-0.4, -0.2) is 25.8 Å². The van der Waals surface area contributed by atoms with Crippen LogP contribution in [0.5, 0.6) is 5.75 Å². The summed E-state index contributed by atoms with van der Waals surface area (Å²) < 4.78 is 11.4. The van der Waals surface area contributed by atoms with Gasteiger partial charge in [0.1, 0.15) is 5.75 Å². The summed E-state index contributed by atoms with van der Waals surface area (Å²) in [7, 11) is 1.71. The van der Waals surface area contributed by atoms with E-state index in [4.69, 9.17) is 9.47 Å². The highest BCUT2D eigenvalue weighted by Gasteiger charge is 2.31. The Kier molecular flexibility index (Phi) is 3.93. The lowest BCUT2D eigenvalue weighted by molar-refractivity contribution is -0.0308. The van der Waals surface area contributed by atoms with E-state index in [0.29, 0.717) is 0 Å². The van der Waals surface area contributed by atoms with Gasteiger partial charge in [0.15, 0.2) is 0 Å². The molecular weight excluding hydrogens is 226 g/mol. The molecule has 2 atom stereocenters. The minimum Gasteiger partial charge on any atom is -0.496 e. The highest BCUT2D eigenvalue weighted by atomic mass is 16.5. The largest absolute Gasteiger partial charge is 0.496 e. The average Bonchev–Trinajstić information content (AvgIpc) is 2.39. The second-order valence-electron chi connectivity index (χ2n) is 5.34. The highest BCUT2D eigenvalue weighted by molar-refractivity contribution is 5.39. The second-order valence-corrected chi connectivity index (χ2v) is 5.34. The SMILES string of the molecule is CCC1(C)COC(c2cc(C)ccc2OC)CN1. The summed E-state index contributed by atoms with van der Waals surface area (Å²) in [5.41, 5.74) is 2.48. The lowest BCUT2D eigenvalue weighted by atomic mass is 9.96. The maximum Gasteiger partial charge on any atom is 0.124 e. The molecule has 1 aliphatic heterocycles. The van der Waals surface area contributed by atoms with Gasteiger partial charge in [0, 0.05) is 17.6 Å². The first-order chi connectivity index (χ1) is 8.58. The Labute approximate surface area is 109 Å². The van der Waals surface area contributed by atoms with Crippen LogP contribution in [0.4, 0.5) is 0 Å². The van der Waals surface area contributed by atoms with E-state index in [9.17, 15) is 0 Å². The van der Waals surface area contributed by atoms with Gasteiger partial charge < -0.3 is 14.8 Å².